The van der Waals surface area contributed by atoms with Gasteiger partial charge in [0.25, 0.3) is 0 Å². The number of phenolic OH excluding ortho intramolecular Hbond substituents is 1. The minimum absolute atomic E-state index is 0.0000241. The average Bonchev–Trinajstić information content (AvgIpc) is 3.69. The first-order valence-electron chi connectivity index (χ1n) is 28.6. The number of nitrogens with one attached hydrogen (secondary N) is 10. The lowest BCUT2D eigenvalue weighted by molar-refractivity contribution is -0.142. The van der Waals surface area contributed by atoms with Crippen LogP contribution in [0.4, 0.5) is 8.78 Å². The molecule has 2 bridgehead atoms. The molecule has 26 nitrogen and oxygen atoms in total. The van der Waals surface area contributed by atoms with E-state index >= 15 is 0 Å². The lowest BCUT2D eigenvalue weighted by atomic mass is 10.0. The largest absolute Gasteiger partial charge is 0.508 e. The number of rotatable bonds is 12. The Morgan fingerprint density at radius 3 is 1.90 bits per heavy atom. The van der Waals surface area contributed by atoms with Gasteiger partial charge in [-0.25, -0.2) is 13.8 Å². The van der Waals surface area contributed by atoms with Gasteiger partial charge in [0, 0.05) is 105 Å². The molecular weight excluding hydrogens is 1150 g/mol. The minimum Gasteiger partial charge on any atom is -0.508 e. The van der Waals surface area contributed by atoms with Gasteiger partial charge in [-0.05, 0) is 84.5 Å². The normalized spacial score (nSPS) is 22.9. The second-order valence-corrected chi connectivity index (χ2v) is 21.7. The van der Waals surface area contributed by atoms with Gasteiger partial charge >= 0.3 is 5.97 Å². The SMILES string of the molecule is CC(=O)N[C@@H]1CCCCC=CCO[C@H]2C[C@@H](C(N)=O)N(C2)C(=O)[C@H](Cc2ccc(O)cc2)NC(=O)[C@H](Cc2cnc[nH]2)NC(=O)[C@H](CC(=O)O)NC(=O)[C@H](Cc2c[nH]c3ccc(F)cc23)NC(=O)[C@H](Cc2c[nH]c3ccc(F)cc23)NC(=O)CCNC1=O. The fraction of sp³-hybridized carbons (Fsp3) is 0.383. The van der Waals surface area contributed by atoms with Crippen LogP contribution in [0.3, 0.4) is 0 Å². The van der Waals surface area contributed by atoms with Crippen molar-refractivity contribution < 1.29 is 71.7 Å². The topological polar surface area (TPSA) is 394 Å². The van der Waals surface area contributed by atoms with E-state index in [0.29, 0.717) is 46.8 Å². The lowest BCUT2D eigenvalue weighted by Crippen LogP contribution is -2.60. The molecule has 2 aliphatic rings. The second-order valence-electron chi connectivity index (χ2n) is 21.7. The maximum atomic E-state index is 14.9. The Balaban J connectivity index is 1.14. The zero-order valence-electron chi connectivity index (χ0n) is 47.9. The van der Waals surface area contributed by atoms with E-state index in [1.165, 1.54) is 97.4 Å². The molecule has 0 aliphatic carbocycles. The summed E-state index contributed by atoms with van der Waals surface area (Å²) in [7, 11) is 0. The Morgan fingerprint density at radius 1 is 0.716 bits per heavy atom. The Bertz CT molecular complexity index is 3550. The van der Waals surface area contributed by atoms with Crippen molar-refractivity contribution in [3.05, 3.63) is 132 Å². The number of carbonyl (C=O) groups excluding carboxylic acids is 9. The quantitative estimate of drug-likeness (QED) is 0.0765. The Labute approximate surface area is 501 Å². The van der Waals surface area contributed by atoms with E-state index in [2.05, 4.69) is 57.2 Å². The van der Waals surface area contributed by atoms with Crippen LogP contribution in [-0.4, -0.2) is 162 Å². The fourth-order valence-electron chi connectivity index (χ4n) is 10.7. The van der Waals surface area contributed by atoms with Gasteiger partial charge in [-0.15, -0.1) is 0 Å². The number of nitrogens with zero attached hydrogens (tertiary/aromatic N) is 2. The van der Waals surface area contributed by atoms with Gasteiger partial charge in [-0.1, -0.05) is 30.7 Å². The zero-order chi connectivity index (χ0) is 63.0. The molecule has 9 amide bonds. The number of fused-ring (bicyclic) bond motifs is 4. The first-order chi connectivity index (χ1) is 42.2. The minimum atomic E-state index is -2.00. The van der Waals surface area contributed by atoms with Crippen molar-refractivity contribution in [2.24, 2.45) is 5.73 Å². The number of hydrogen-bond donors (Lipinski definition) is 13. The molecule has 0 unspecified atom stereocenters. The molecule has 3 aromatic heterocycles. The molecule has 1 fully saturated rings. The van der Waals surface area contributed by atoms with Crippen molar-refractivity contribution in [2.75, 3.05) is 19.7 Å². The molecule has 88 heavy (non-hydrogen) atoms. The number of carboxylic acid groups (broad SMARTS) is 1. The number of aliphatic carboxylic acids is 1. The Morgan fingerprint density at radius 2 is 1.31 bits per heavy atom. The summed E-state index contributed by atoms with van der Waals surface area (Å²) in [6.45, 7) is 0.924. The van der Waals surface area contributed by atoms with Crippen molar-refractivity contribution in [3.63, 3.8) is 0 Å². The van der Waals surface area contributed by atoms with Crippen molar-refractivity contribution >= 4 is 80.9 Å². The average molecular weight is 1220 g/mol. The standard InChI is InChI=1S/C60H69F2N13O13/c1-32(76)69-45-7-5-3-2-4-6-18-88-40-25-51(54(63)81)75(30-40)60(87)50(19-33-8-12-39(77)13-9-33)74-58(85)48(24-38-29-64-31-68-38)72-59(86)49(26-53(79)80)73-57(84)47(21-35-28-67-44-15-11-37(62)23-42(35)44)71-56(83)46(70-52(78)16-17-65-55(45)82)20-34-27-66-43-14-10-36(61)22-41(34)43/h4,6,8-15,22-23,27-29,31,40,45-51,66-67,77H,2-3,5,7,16-21,24-26,30H2,1H3,(H2,63,81)(H,64,68)(H,65,82)(H,69,76)(H,70,78)(H,71,83)(H,72,86)(H,73,84)(H,74,85)(H,79,80)/t40-,45+,46-,47-,48-,49-,50-,51-/m0/s1. The summed E-state index contributed by atoms with van der Waals surface area (Å²) >= 11 is 0. The summed E-state index contributed by atoms with van der Waals surface area (Å²) in [5, 5.41) is 39.1. The van der Waals surface area contributed by atoms with Crippen LogP contribution in [0.1, 0.15) is 74.3 Å². The number of hydrogen-bond acceptors (Lipinski definition) is 13. The first kappa shape index (κ1) is 64.0. The highest BCUT2D eigenvalue weighted by Crippen LogP contribution is 2.26. The number of carboxylic acids is 1. The summed E-state index contributed by atoms with van der Waals surface area (Å²) in [6, 6.07) is 2.81. The number of allylic oxidation sites excluding steroid dienone is 1. The molecule has 0 spiro atoms. The van der Waals surface area contributed by atoms with Crippen LogP contribution in [0.5, 0.6) is 5.75 Å². The van der Waals surface area contributed by atoms with Crippen molar-refractivity contribution in [1.82, 2.24) is 62.1 Å². The molecule has 0 saturated carbocycles. The number of aromatic hydroxyl groups is 1. The van der Waals surface area contributed by atoms with Crippen LogP contribution in [0.25, 0.3) is 21.8 Å². The van der Waals surface area contributed by atoms with Crippen LogP contribution >= 0.6 is 0 Å². The zero-order valence-corrected chi connectivity index (χ0v) is 47.9. The lowest BCUT2D eigenvalue weighted by Gasteiger charge is -2.29. The number of benzene rings is 3. The maximum Gasteiger partial charge on any atom is 0.305 e. The molecule has 14 N–H and O–H groups in total. The Kier molecular flexibility index (Phi) is 21.7. The van der Waals surface area contributed by atoms with E-state index in [1.54, 1.807) is 6.08 Å². The predicted molar refractivity (Wildman–Crippen MR) is 312 cm³/mol. The first-order valence-corrected chi connectivity index (χ1v) is 28.6. The number of halogens is 2. The molecule has 8 rings (SSSR count). The van der Waals surface area contributed by atoms with Gasteiger partial charge in [0.1, 0.15) is 59.7 Å². The van der Waals surface area contributed by atoms with Gasteiger partial charge in [-0.3, -0.25) is 47.9 Å². The van der Waals surface area contributed by atoms with E-state index in [-0.39, 0.29) is 74.2 Å². The third-order valence-electron chi connectivity index (χ3n) is 15.1. The number of nitrogens with two attached hydrogens (primary N) is 1. The fourth-order valence-corrected chi connectivity index (χ4v) is 10.7. The van der Waals surface area contributed by atoms with Gasteiger partial charge in [0.15, 0.2) is 0 Å². The number of aromatic nitrogens is 4. The van der Waals surface area contributed by atoms with Crippen molar-refractivity contribution in [3.8, 4) is 5.75 Å². The van der Waals surface area contributed by atoms with Crippen LogP contribution in [-0.2, 0) is 78.4 Å². The van der Waals surface area contributed by atoms with E-state index in [9.17, 15) is 66.9 Å². The summed E-state index contributed by atoms with van der Waals surface area (Å²) in [5.74, 6) is -10.8. The van der Waals surface area contributed by atoms with E-state index < -0.39 is 138 Å². The van der Waals surface area contributed by atoms with Crippen LogP contribution < -0.4 is 43.0 Å². The molecule has 2 aliphatic heterocycles. The van der Waals surface area contributed by atoms with Crippen molar-refractivity contribution in [1.29, 1.82) is 0 Å². The number of carbonyl (C=O) groups is 10. The molecule has 1 saturated heterocycles. The summed E-state index contributed by atoms with van der Waals surface area (Å²) in [4.78, 5) is 153. The molecular formula is C60H69F2N13O13. The molecule has 3 aromatic carbocycles. The number of amides is 9. The molecule has 466 valence electrons. The van der Waals surface area contributed by atoms with E-state index in [0.717, 1.165) is 0 Å². The predicted octanol–water partition coefficient (Wildman–Crippen LogP) is 1.14. The smallest absolute Gasteiger partial charge is 0.305 e. The molecule has 28 heteroatoms. The highest BCUT2D eigenvalue weighted by molar-refractivity contribution is 5.99. The number of ether oxygens (including phenoxy) is 1. The monoisotopic (exact) mass is 1220 g/mol. The number of aromatic amines is 3. The van der Waals surface area contributed by atoms with Gasteiger partial charge in [0.05, 0.1) is 25.5 Å². The molecule has 0 radical (unpaired) electrons. The summed E-state index contributed by atoms with van der Waals surface area (Å²) < 4.78 is 35.6. The number of phenols is 1. The number of imidazole rings is 1. The number of primary amides is 1. The second kappa shape index (κ2) is 29.9. The molecule has 8 atom stereocenters. The van der Waals surface area contributed by atoms with Gasteiger partial charge in [0.2, 0.25) is 53.2 Å². The summed E-state index contributed by atoms with van der Waals surface area (Å²) in [6.07, 6.45) is 7.45. The summed E-state index contributed by atoms with van der Waals surface area (Å²) in [5.41, 5.74) is 8.11. The third-order valence-corrected chi connectivity index (χ3v) is 15.1. The van der Waals surface area contributed by atoms with Gasteiger partial charge in [-0.2, -0.15) is 0 Å². The van der Waals surface area contributed by atoms with Crippen LogP contribution in [0, 0.1) is 11.6 Å². The number of H-pyrrole nitrogens is 3. The molecule has 5 heterocycles. The van der Waals surface area contributed by atoms with E-state index in [1.807, 2.05) is 6.08 Å². The Hall–Kier alpha value is -9.99. The van der Waals surface area contributed by atoms with Gasteiger partial charge < -0.3 is 77.8 Å². The molecule has 6 aromatic rings. The van der Waals surface area contributed by atoms with Crippen LogP contribution in [0.2, 0.25) is 0 Å². The highest BCUT2D eigenvalue weighted by Gasteiger charge is 2.43. The van der Waals surface area contributed by atoms with Crippen LogP contribution in [0.15, 0.2) is 97.7 Å². The third kappa shape index (κ3) is 17.6. The highest BCUT2D eigenvalue weighted by atomic mass is 19.1. The maximum absolute atomic E-state index is 14.9. The van der Waals surface area contributed by atoms with E-state index in [4.69, 9.17) is 10.5 Å². The van der Waals surface area contributed by atoms with Crippen molar-refractivity contribution in [2.45, 2.75) is 126 Å².